The van der Waals surface area contributed by atoms with Gasteiger partial charge in [0.05, 0.1) is 12.7 Å². The van der Waals surface area contributed by atoms with Gasteiger partial charge in [-0.1, -0.05) is 78.1 Å². The third kappa shape index (κ3) is 18.3. The lowest BCUT2D eigenvalue weighted by Gasteiger charge is -2.10. The topological polar surface area (TPSA) is 29.5 Å². The maximum atomic E-state index is 9.76. The fraction of sp³-hybridized carbons (Fsp3) is 1.00. The minimum absolute atomic E-state index is 0.287. The number of ether oxygens (including phenoxy) is 1. The summed E-state index contributed by atoms with van der Waals surface area (Å²) in [6.07, 6.45) is 15.9. The summed E-state index contributed by atoms with van der Waals surface area (Å²) in [5, 5.41) is 9.76. The Morgan fingerprint density at radius 3 is 1.91 bits per heavy atom. The Morgan fingerprint density at radius 2 is 1.32 bits per heavy atom. The molecule has 0 aliphatic rings. The summed E-state index contributed by atoms with van der Waals surface area (Å²) in [5.41, 5.74) is 0. The van der Waals surface area contributed by atoms with E-state index in [2.05, 4.69) is 13.8 Å². The number of aliphatic hydroxyl groups excluding tert-OH is 1. The predicted octanol–water partition coefficient (Wildman–Crippen LogP) is 5.82. The Kier molecular flexibility index (Phi) is 19.6. The van der Waals surface area contributed by atoms with Crippen molar-refractivity contribution in [1.82, 2.24) is 0 Å². The number of unbranched alkanes of at least 4 members (excludes halogenated alkanes) is 10. The van der Waals surface area contributed by atoms with Crippen molar-refractivity contribution in [1.29, 1.82) is 0 Å². The van der Waals surface area contributed by atoms with Crippen LogP contribution in [0.25, 0.3) is 0 Å². The van der Waals surface area contributed by atoms with Crippen LogP contribution in [-0.2, 0) is 4.74 Å². The zero-order chi connectivity index (χ0) is 16.3. The predicted molar refractivity (Wildman–Crippen MR) is 101 cm³/mol. The van der Waals surface area contributed by atoms with E-state index in [0.717, 1.165) is 25.2 Å². The molecule has 0 aliphatic heterocycles. The van der Waals surface area contributed by atoms with Crippen molar-refractivity contribution in [3.8, 4) is 0 Å². The maximum absolute atomic E-state index is 9.76. The molecule has 1 atom stereocenters. The smallest absolute Gasteiger partial charge is 0.0863 e. The van der Waals surface area contributed by atoms with Crippen LogP contribution in [0.15, 0.2) is 0 Å². The highest BCUT2D eigenvalue weighted by Gasteiger charge is 2.03. The minimum Gasteiger partial charge on any atom is -0.390 e. The molecule has 0 aliphatic carbocycles. The molecule has 0 amide bonds. The molecule has 134 valence electrons. The van der Waals surface area contributed by atoms with E-state index < -0.39 is 0 Å². The first-order chi connectivity index (χ1) is 10.8. The molecule has 1 unspecified atom stereocenters. The second-order valence-corrected chi connectivity index (χ2v) is 7.49. The lowest BCUT2D eigenvalue weighted by Crippen LogP contribution is -2.18. The van der Waals surface area contributed by atoms with Gasteiger partial charge in [-0.05, 0) is 18.6 Å². The van der Waals surface area contributed by atoms with E-state index in [4.69, 9.17) is 4.74 Å². The van der Waals surface area contributed by atoms with Crippen LogP contribution in [0.4, 0.5) is 0 Å². The fourth-order valence-electron chi connectivity index (χ4n) is 2.42. The third-order valence-electron chi connectivity index (χ3n) is 3.90. The largest absolute Gasteiger partial charge is 0.390 e. The molecule has 22 heavy (non-hydrogen) atoms. The molecule has 0 rings (SSSR count). The van der Waals surface area contributed by atoms with Gasteiger partial charge in [-0.15, -0.1) is 0 Å². The quantitative estimate of drug-likeness (QED) is 0.321. The average molecular weight is 333 g/mol. The van der Waals surface area contributed by atoms with Crippen LogP contribution < -0.4 is 0 Å². The first kappa shape index (κ1) is 22.3. The molecular weight excluding hydrogens is 292 g/mol. The van der Waals surface area contributed by atoms with Gasteiger partial charge in [0.15, 0.2) is 0 Å². The van der Waals surface area contributed by atoms with E-state index in [1.807, 2.05) is 11.8 Å². The third-order valence-corrected chi connectivity index (χ3v) is 5.10. The van der Waals surface area contributed by atoms with Crippen LogP contribution in [0, 0.1) is 0 Å². The monoisotopic (exact) mass is 332 g/mol. The SMILES string of the molecule is CCCCCCCCCCCCSCC(O)COCCCC. The first-order valence-electron chi connectivity index (χ1n) is 9.64. The normalized spacial score (nSPS) is 12.7. The Morgan fingerprint density at radius 1 is 0.773 bits per heavy atom. The number of hydrogen-bond acceptors (Lipinski definition) is 3. The molecule has 2 nitrogen and oxygen atoms in total. The van der Waals surface area contributed by atoms with Crippen LogP contribution in [0.5, 0.6) is 0 Å². The highest BCUT2D eigenvalue weighted by atomic mass is 32.2. The van der Waals surface area contributed by atoms with Gasteiger partial charge in [0.2, 0.25) is 0 Å². The standard InChI is InChI=1S/C19H40O2S/c1-3-5-7-8-9-10-11-12-13-14-16-22-18-19(20)17-21-15-6-4-2/h19-20H,3-18H2,1-2H3. The summed E-state index contributed by atoms with van der Waals surface area (Å²) < 4.78 is 5.43. The Hall–Kier alpha value is 0.270. The summed E-state index contributed by atoms with van der Waals surface area (Å²) in [6, 6.07) is 0. The lowest BCUT2D eigenvalue weighted by atomic mass is 10.1. The van der Waals surface area contributed by atoms with Crippen molar-refractivity contribution in [2.75, 3.05) is 24.7 Å². The van der Waals surface area contributed by atoms with Crippen LogP contribution >= 0.6 is 11.8 Å². The molecule has 1 N–H and O–H groups in total. The number of aliphatic hydroxyl groups is 1. The highest BCUT2D eigenvalue weighted by molar-refractivity contribution is 7.99. The van der Waals surface area contributed by atoms with Crippen LogP contribution in [-0.4, -0.2) is 35.9 Å². The number of thioether (sulfide) groups is 1. The summed E-state index contributed by atoms with van der Waals surface area (Å²) in [4.78, 5) is 0. The summed E-state index contributed by atoms with van der Waals surface area (Å²) in [6.45, 7) is 5.72. The molecule has 0 spiro atoms. The molecule has 0 aromatic heterocycles. The van der Waals surface area contributed by atoms with Crippen molar-refractivity contribution in [3.05, 3.63) is 0 Å². The van der Waals surface area contributed by atoms with E-state index in [9.17, 15) is 5.11 Å². The van der Waals surface area contributed by atoms with Crippen molar-refractivity contribution in [3.63, 3.8) is 0 Å². The Labute approximate surface area is 143 Å². The molecular formula is C19H40O2S. The van der Waals surface area contributed by atoms with Gasteiger partial charge in [0.25, 0.3) is 0 Å². The van der Waals surface area contributed by atoms with Gasteiger partial charge < -0.3 is 9.84 Å². The van der Waals surface area contributed by atoms with Gasteiger partial charge >= 0.3 is 0 Å². The maximum Gasteiger partial charge on any atom is 0.0863 e. The summed E-state index contributed by atoms with van der Waals surface area (Å²) >= 11 is 1.87. The highest BCUT2D eigenvalue weighted by Crippen LogP contribution is 2.13. The fourth-order valence-corrected chi connectivity index (χ4v) is 3.37. The van der Waals surface area contributed by atoms with Crippen LogP contribution in [0.3, 0.4) is 0 Å². The molecule has 0 radical (unpaired) electrons. The second-order valence-electron chi connectivity index (χ2n) is 6.34. The lowest BCUT2D eigenvalue weighted by molar-refractivity contribution is 0.0473. The van der Waals surface area contributed by atoms with Crippen LogP contribution in [0.2, 0.25) is 0 Å². The Balaban J connectivity index is 3.07. The van der Waals surface area contributed by atoms with E-state index >= 15 is 0 Å². The zero-order valence-electron chi connectivity index (χ0n) is 15.2. The molecule has 0 saturated heterocycles. The zero-order valence-corrected chi connectivity index (χ0v) is 16.0. The molecule has 0 saturated carbocycles. The van der Waals surface area contributed by atoms with Crippen molar-refractivity contribution < 1.29 is 9.84 Å². The molecule has 3 heteroatoms. The van der Waals surface area contributed by atoms with Crippen molar-refractivity contribution in [2.24, 2.45) is 0 Å². The van der Waals surface area contributed by atoms with Crippen molar-refractivity contribution >= 4 is 11.8 Å². The van der Waals surface area contributed by atoms with Gasteiger partial charge in [-0.3, -0.25) is 0 Å². The average Bonchev–Trinajstić information content (AvgIpc) is 2.52. The number of rotatable bonds is 18. The molecule has 0 fully saturated rings. The van der Waals surface area contributed by atoms with Crippen LogP contribution in [0.1, 0.15) is 90.9 Å². The van der Waals surface area contributed by atoms with Gasteiger partial charge in [0, 0.05) is 12.4 Å². The van der Waals surface area contributed by atoms with E-state index in [-0.39, 0.29) is 6.10 Å². The van der Waals surface area contributed by atoms with E-state index in [1.165, 1.54) is 70.0 Å². The minimum atomic E-state index is -0.287. The second kappa shape index (κ2) is 19.3. The summed E-state index contributed by atoms with van der Waals surface area (Å²) in [5.74, 6) is 2.01. The number of hydrogen-bond donors (Lipinski definition) is 1. The summed E-state index contributed by atoms with van der Waals surface area (Å²) in [7, 11) is 0. The molecule has 0 bridgehead atoms. The van der Waals surface area contributed by atoms with E-state index in [0.29, 0.717) is 6.61 Å². The van der Waals surface area contributed by atoms with Gasteiger partial charge in [-0.2, -0.15) is 11.8 Å². The molecule has 0 aromatic carbocycles. The van der Waals surface area contributed by atoms with Crippen molar-refractivity contribution in [2.45, 2.75) is 97.0 Å². The van der Waals surface area contributed by atoms with Gasteiger partial charge in [-0.25, -0.2) is 0 Å². The van der Waals surface area contributed by atoms with E-state index in [1.54, 1.807) is 0 Å². The molecule has 0 heterocycles. The Bertz CT molecular complexity index is 200. The first-order valence-corrected chi connectivity index (χ1v) is 10.8. The van der Waals surface area contributed by atoms with Gasteiger partial charge in [0.1, 0.15) is 0 Å². The molecule has 0 aromatic rings.